The number of hydrogen-bond acceptors (Lipinski definition) is 5. The fourth-order valence-electron chi connectivity index (χ4n) is 4.84. The molecule has 10 heteroatoms. The molecule has 0 saturated carbocycles. The standard InChI is InChI=1S/C25H27N7O3/c1-25(2,3)35-24(34)31-11-9-16(10-12-31)32-14-15(13-27-32)22(29-30-26)18-7-8-20-21-17(18)5-4-6-19(21)23(33)28-20/h4-8,13-14,16,22H,9-12H2,1-3H3,(H,28,33). The Kier molecular flexibility index (Phi) is 5.61. The molecule has 1 aromatic heterocycles. The highest BCUT2D eigenvalue weighted by atomic mass is 16.6. The first-order chi connectivity index (χ1) is 16.7. The number of likely N-dealkylation sites (tertiary alicyclic amines) is 1. The summed E-state index contributed by atoms with van der Waals surface area (Å²) in [4.78, 5) is 29.5. The van der Waals surface area contributed by atoms with Crippen LogP contribution in [0.25, 0.3) is 21.2 Å². The van der Waals surface area contributed by atoms with Crippen LogP contribution in [0, 0.1) is 0 Å². The number of benzene rings is 2. The lowest BCUT2D eigenvalue weighted by Crippen LogP contribution is -2.42. The van der Waals surface area contributed by atoms with Crippen LogP contribution in [0.2, 0.25) is 0 Å². The van der Waals surface area contributed by atoms with Gasteiger partial charge in [-0.15, -0.1) is 0 Å². The Morgan fingerprint density at radius 1 is 1.26 bits per heavy atom. The molecule has 0 radical (unpaired) electrons. The number of nitrogens with one attached hydrogen (secondary N) is 1. The van der Waals surface area contributed by atoms with E-state index in [0.29, 0.717) is 18.7 Å². The molecular formula is C25H27N7O3. The summed E-state index contributed by atoms with van der Waals surface area (Å²) >= 11 is 0. The second kappa shape index (κ2) is 8.63. The normalized spacial score (nSPS) is 16.7. The van der Waals surface area contributed by atoms with Gasteiger partial charge in [-0.1, -0.05) is 23.3 Å². The van der Waals surface area contributed by atoms with Crippen LogP contribution in [0.4, 0.5) is 10.5 Å². The molecule has 1 N–H and O–H groups in total. The first kappa shape index (κ1) is 22.7. The molecule has 1 fully saturated rings. The van der Waals surface area contributed by atoms with Gasteiger partial charge in [-0.05, 0) is 62.2 Å². The summed E-state index contributed by atoms with van der Waals surface area (Å²) in [7, 11) is 0. The third kappa shape index (κ3) is 4.28. The molecule has 180 valence electrons. The van der Waals surface area contributed by atoms with Crippen molar-refractivity contribution in [3.05, 3.63) is 69.9 Å². The van der Waals surface area contributed by atoms with Crippen molar-refractivity contribution in [3.8, 4) is 0 Å². The number of aromatic nitrogens is 2. The Balaban J connectivity index is 1.38. The molecule has 5 rings (SSSR count). The highest BCUT2D eigenvalue weighted by Gasteiger charge is 2.29. The van der Waals surface area contributed by atoms with E-state index >= 15 is 0 Å². The molecular weight excluding hydrogens is 446 g/mol. The van der Waals surface area contributed by atoms with Gasteiger partial charge in [-0.2, -0.15) is 5.10 Å². The van der Waals surface area contributed by atoms with Gasteiger partial charge in [0.1, 0.15) is 5.60 Å². The summed E-state index contributed by atoms with van der Waals surface area (Å²) in [5, 5.41) is 13.3. The Bertz CT molecular complexity index is 1360. The lowest BCUT2D eigenvalue weighted by atomic mass is 9.94. The third-order valence-corrected chi connectivity index (χ3v) is 6.46. The Labute approximate surface area is 202 Å². The molecule has 0 spiro atoms. The Hall–Kier alpha value is -4.04. The average Bonchev–Trinajstić information content (AvgIpc) is 3.43. The van der Waals surface area contributed by atoms with Crippen molar-refractivity contribution in [2.24, 2.45) is 5.11 Å². The molecule has 1 saturated heterocycles. The Morgan fingerprint density at radius 2 is 2.03 bits per heavy atom. The van der Waals surface area contributed by atoms with Crippen molar-refractivity contribution in [1.29, 1.82) is 0 Å². The molecule has 2 aliphatic rings. The van der Waals surface area contributed by atoms with Crippen molar-refractivity contribution in [1.82, 2.24) is 14.7 Å². The predicted octanol–water partition coefficient (Wildman–Crippen LogP) is 5.57. The molecule has 10 nitrogen and oxygen atoms in total. The molecule has 0 bridgehead atoms. The maximum absolute atomic E-state index is 12.4. The number of carbonyl (C=O) groups is 2. The minimum Gasteiger partial charge on any atom is -0.444 e. The number of amides is 2. The zero-order chi connectivity index (χ0) is 24.7. The highest BCUT2D eigenvalue weighted by molar-refractivity contribution is 6.24. The summed E-state index contributed by atoms with van der Waals surface area (Å²) in [6.45, 7) is 6.76. The lowest BCUT2D eigenvalue weighted by molar-refractivity contribution is 0.0184. The second-order valence-electron chi connectivity index (χ2n) is 9.94. The van der Waals surface area contributed by atoms with Gasteiger partial charge in [0, 0.05) is 46.4 Å². The maximum atomic E-state index is 12.4. The van der Waals surface area contributed by atoms with Crippen molar-refractivity contribution >= 4 is 28.5 Å². The van der Waals surface area contributed by atoms with Gasteiger partial charge < -0.3 is 15.0 Å². The Morgan fingerprint density at radius 3 is 2.74 bits per heavy atom. The number of ether oxygens (including phenoxy) is 1. The highest BCUT2D eigenvalue weighted by Crippen LogP contribution is 2.40. The summed E-state index contributed by atoms with van der Waals surface area (Å²) in [5.74, 6) is -0.131. The van der Waals surface area contributed by atoms with Gasteiger partial charge in [-0.25, -0.2) is 4.79 Å². The summed E-state index contributed by atoms with van der Waals surface area (Å²) in [6, 6.07) is 8.85. The fraction of sp³-hybridized carbons (Fsp3) is 0.400. The van der Waals surface area contributed by atoms with E-state index in [2.05, 4.69) is 20.4 Å². The van der Waals surface area contributed by atoms with Crippen molar-refractivity contribution in [2.45, 2.75) is 51.3 Å². The van der Waals surface area contributed by atoms with E-state index in [1.807, 2.05) is 55.9 Å². The summed E-state index contributed by atoms with van der Waals surface area (Å²) in [5.41, 5.74) is 11.8. The summed E-state index contributed by atoms with van der Waals surface area (Å²) < 4.78 is 7.38. The van der Waals surface area contributed by atoms with E-state index in [4.69, 9.17) is 4.74 Å². The number of nitrogens with zero attached hydrogens (tertiary/aromatic N) is 6. The van der Waals surface area contributed by atoms with Gasteiger partial charge in [0.25, 0.3) is 5.91 Å². The van der Waals surface area contributed by atoms with Crippen LogP contribution in [0.5, 0.6) is 0 Å². The van der Waals surface area contributed by atoms with Crippen molar-refractivity contribution in [2.75, 3.05) is 18.4 Å². The van der Waals surface area contributed by atoms with Gasteiger partial charge in [0.15, 0.2) is 0 Å². The minimum atomic E-state index is -0.587. The van der Waals surface area contributed by atoms with Gasteiger partial charge in [-0.3, -0.25) is 9.48 Å². The number of anilines is 1. The van der Waals surface area contributed by atoms with E-state index in [1.54, 1.807) is 17.2 Å². The molecule has 3 aromatic rings. The van der Waals surface area contributed by atoms with Crippen LogP contribution in [0.1, 0.15) is 67.2 Å². The van der Waals surface area contributed by atoms with E-state index in [-0.39, 0.29) is 18.0 Å². The molecule has 1 atom stereocenters. The molecule has 35 heavy (non-hydrogen) atoms. The first-order valence-corrected chi connectivity index (χ1v) is 11.7. The molecule has 1 unspecified atom stereocenters. The SMILES string of the molecule is CC(C)(C)OC(=O)N1CCC(n2cc(C(N=[N+]=[N-])c3ccc4c5c(cccc35)C(=O)N4)cn2)CC1. The monoisotopic (exact) mass is 473 g/mol. The van der Waals surface area contributed by atoms with Gasteiger partial charge in [0.05, 0.1) is 18.3 Å². The van der Waals surface area contributed by atoms with Crippen LogP contribution >= 0.6 is 0 Å². The quantitative estimate of drug-likeness (QED) is 0.302. The van der Waals surface area contributed by atoms with E-state index in [9.17, 15) is 15.1 Å². The number of piperidine rings is 1. The second-order valence-corrected chi connectivity index (χ2v) is 9.94. The van der Waals surface area contributed by atoms with Crippen LogP contribution in [-0.2, 0) is 4.74 Å². The minimum absolute atomic E-state index is 0.128. The lowest BCUT2D eigenvalue weighted by Gasteiger charge is -2.33. The zero-order valence-electron chi connectivity index (χ0n) is 19.9. The van der Waals surface area contributed by atoms with Crippen LogP contribution in [0.15, 0.2) is 47.8 Å². The van der Waals surface area contributed by atoms with Crippen LogP contribution in [-0.4, -0.2) is 45.4 Å². The largest absolute Gasteiger partial charge is 0.444 e. The van der Waals surface area contributed by atoms with E-state index < -0.39 is 11.6 Å². The molecule has 2 amide bonds. The topological polar surface area (TPSA) is 125 Å². The fourth-order valence-corrected chi connectivity index (χ4v) is 4.84. The van der Waals surface area contributed by atoms with Crippen molar-refractivity contribution in [3.63, 3.8) is 0 Å². The smallest absolute Gasteiger partial charge is 0.410 e. The zero-order valence-corrected chi connectivity index (χ0v) is 19.9. The van der Waals surface area contributed by atoms with E-state index in [0.717, 1.165) is 40.4 Å². The van der Waals surface area contributed by atoms with Gasteiger partial charge >= 0.3 is 6.09 Å². The number of hydrogen-bond donors (Lipinski definition) is 1. The maximum Gasteiger partial charge on any atom is 0.410 e. The van der Waals surface area contributed by atoms with E-state index in [1.165, 1.54) is 0 Å². The van der Waals surface area contributed by atoms with Crippen LogP contribution in [0.3, 0.4) is 0 Å². The van der Waals surface area contributed by atoms with Crippen molar-refractivity contribution < 1.29 is 14.3 Å². The number of azide groups is 1. The molecule has 0 aliphatic carbocycles. The average molecular weight is 474 g/mol. The number of rotatable bonds is 4. The molecule has 2 aromatic carbocycles. The summed E-state index contributed by atoms with van der Waals surface area (Å²) in [6.07, 6.45) is 4.86. The van der Waals surface area contributed by atoms with Gasteiger partial charge in [0.2, 0.25) is 0 Å². The first-order valence-electron chi connectivity index (χ1n) is 11.7. The predicted molar refractivity (Wildman–Crippen MR) is 131 cm³/mol. The van der Waals surface area contributed by atoms with Crippen LogP contribution < -0.4 is 5.32 Å². The number of carbonyl (C=O) groups excluding carboxylic acids is 2. The molecule has 2 aliphatic heterocycles. The molecule has 3 heterocycles. The third-order valence-electron chi connectivity index (χ3n) is 6.46.